The van der Waals surface area contributed by atoms with Crippen LogP contribution in [0.25, 0.3) is 0 Å². The number of urea groups is 1. The maximum atomic E-state index is 12.7. The first-order valence-electron chi connectivity index (χ1n) is 11.7. The van der Waals surface area contributed by atoms with Crippen LogP contribution in [0.2, 0.25) is 0 Å². The molecule has 4 rings (SSSR count). The van der Waals surface area contributed by atoms with E-state index >= 15 is 0 Å². The largest absolute Gasteiger partial charge is 0.397 e. The summed E-state index contributed by atoms with van der Waals surface area (Å²) < 4.78 is 5.54. The minimum atomic E-state index is -0.574. The summed E-state index contributed by atoms with van der Waals surface area (Å²) in [5.41, 5.74) is 15.2. The molecule has 6 N–H and O–H groups in total. The van der Waals surface area contributed by atoms with E-state index in [2.05, 4.69) is 32.4 Å². The number of hydrogen-bond acceptors (Lipinski definition) is 6. The molecule has 0 radical (unpaired) electrons. The molecule has 1 aliphatic rings. The first kappa shape index (κ1) is 24.7. The Balaban J connectivity index is 1.46. The highest BCUT2D eigenvalue weighted by molar-refractivity contribution is 7.08. The fraction of sp³-hybridized carbons (Fsp3) is 0.308. The van der Waals surface area contributed by atoms with Crippen molar-refractivity contribution in [2.75, 3.05) is 37.4 Å². The molecule has 2 unspecified atom stereocenters. The number of nitrogens with two attached hydrogens (primary N) is 2. The van der Waals surface area contributed by atoms with Gasteiger partial charge in [0.1, 0.15) is 0 Å². The van der Waals surface area contributed by atoms with E-state index in [1.54, 1.807) is 35.6 Å². The Morgan fingerprint density at radius 2 is 1.74 bits per heavy atom. The number of rotatable bonds is 9. The SMILES string of the molecule is NC(=O)NC(CCC(c1ccsc1)N1CCOCC1)c1ccc(C(=O)Nc2ccccc2N)cc1. The molecule has 3 amide bonds. The van der Waals surface area contributed by atoms with Crippen LogP contribution in [0.4, 0.5) is 16.2 Å². The maximum absolute atomic E-state index is 12.7. The van der Waals surface area contributed by atoms with E-state index in [0.717, 1.165) is 38.3 Å². The van der Waals surface area contributed by atoms with Crippen LogP contribution in [0.1, 0.15) is 46.4 Å². The zero-order chi connectivity index (χ0) is 24.6. The van der Waals surface area contributed by atoms with E-state index < -0.39 is 6.03 Å². The molecule has 1 fully saturated rings. The molecule has 2 aromatic carbocycles. The van der Waals surface area contributed by atoms with E-state index in [9.17, 15) is 9.59 Å². The third-order valence-electron chi connectivity index (χ3n) is 6.24. The van der Waals surface area contributed by atoms with Gasteiger partial charge in [0.05, 0.1) is 30.6 Å². The molecule has 8 nitrogen and oxygen atoms in total. The molecular formula is C26H31N5O3S. The highest BCUT2D eigenvalue weighted by Gasteiger charge is 2.25. The van der Waals surface area contributed by atoms with Crippen LogP contribution in [-0.4, -0.2) is 43.1 Å². The lowest BCUT2D eigenvalue weighted by molar-refractivity contribution is 0.0134. The monoisotopic (exact) mass is 493 g/mol. The molecule has 2 heterocycles. The number of primary amides is 1. The lowest BCUT2D eigenvalue weighted by Crippen LogP contribution is -2.39. The molecule has 1 saturated heterocycles. The first-order chi connectivity index (χ1) is 17.0. The minimum absolute atomic E-state index is 0.240. The number of carbonyl (C=O) groups is 2. The van der Waals surface area contributed by atoms with E-state index in [1.165, 1.54) is 5.56 Å². The van der Waals surface area contributed by atoms with Gasteiger partial charge in [0, 0.05) is 24.7 Å². The number of nitrogens with one attached hydrogen (secondary N) is 2. The molecule has 0 spiro atoms. The van der Waals surface area contributed by atoms with Crippen LogP contribution in [-0.2, 0) is 4.74 Å². The number of nitrogen functional groups attached to an aromatic ring is 1. The van der Waals surface area contributed by atoms with Gasteiger partial charge >= 0.3 is 6.03 Å². The third-order valence-corrected chi connectivity index (χ3v) is 6.95. The molecule has 35 heavy (non-hydrogen) atoms. The predicted octanol–water partition coefficient (Wildman–Crippen LogP) is 4.15. The lowest BCUT2D eigenvalue weighted by Gasteiger charge is -2.35. The number of thiophene rings is 1. The zero-order valence-corrected chi connectivity index (χ0v) is 20.3. The fourth-order valence-corrected chi connectivity index (χ4v) is 5.11. The van der Waals surface area contributed by atoms with Crippen molar-refractivity contribution in [3.63, 3.8) is 0 Å². The number of anilines is 2. The molecule has 184 valence electrons. The zero-order valence-electron chi connectivity index (χ0n) is 19.5. The number of hydrogen-bond donors (Lipinski definition) is 4. The van der Waals surface area contributed by atoms with Crippen molar-refractivity contribution in [1.82, 2.24) is 10.2 Å². The summed E-state index contributed by atoms with van der Waals surface area (Å²) in [5.74, 6) is -0.251. The van der Waals surface area contributed by atoms with E-state index in [-0.39, 0.29) is 18.0 Å². The topological polar surface area (TPSA) is 123 Å². The second kappa shape index (κ2) is 11.8. The Morgan fingerprint density at radius 1 is 1.00 bits per heavy atom. The Labute approximate surface area is 209 Å². The Morgan fingerprint density at radius 3 is 2.40 bits per heavy atom. The maximum Gasteiger partial charge on any atom is 0.312 e. The molecule has 0 bridgehead atoms. The highest BCUT2D eigenvalue weighted by Crippen LogP contribution is 2.31. The number of nitrogens with zero attached hydrogens (tertiary/aromatic N) is 1. The molecule has 1 aliphatic heterocycles. The number of benzene rings is 2. The summed E-state index contributed by atoms with van der Waals surface area (Å²) in [6.07, 6.45) is 1.55. The van der Waals surface area contributed by atoms with Gasteiger partial charge in [0.2, 0.25) is 0 Å². The van der Waals surface area contributed by atoms with Gasteiger partial charge in [-0.05, 0) is 65.1 Å². The molecule has 0 aliphatic carbocycles. The van der Waals surface area contributed by atoms with Crippen LogP contribution in [0.3, 0.4) is 0 Å². The second-order valence-corrected chi connectivity index (χ2v) is 9.30. The minimum Gasteiger partial charge on any atom is -0.397 e. The average Bonchev–Trinajstić information content (AvgIpc) is 3.40. The van der Waals surface area contributed by atoms with Gasteiger partial charge in [0.15, 0.2) is 0 Å². The van der Waals surface area contributed by atoms with E-state index in [1.807, 2.05) is 24.3 Å². The Bertz CT molecular complexity index is 1110. The van der Waals surface area contributed by atoms with Gasteiger partial charge in [-0.25, -0.2) is 4.79 Å². The summed E-state index contributed by atoms with van der Waals surface area (Å²) in [6.45, 7) is 3.21. The summed E-state index contributed by atoms with van der Waals surface area (Å²) in [5, 5.41) is 9.98. The number of morpholine rings is 1. The van der Waals surface area contributed by atoms with E-state index in [4.69, 9.17) is 16.2 Å². The standard InChI is InChI=1S/C26H31N5O3S/c27-21-3-1-2-4-23(21)29-25(32)19-7-5-18(6-8-19)22(30-26(28)33)9-10-24(20-11-16-35-17-20)31-12-14-34-15-13-31/h1-8,11,16-17,22,24H,9-10,12-15,27H2,(H,29,32)(H3,28,30,33). The summed E-state index contributed by atoms with van der Waals surface area (Å²) in [6, 6.07) is 15.9. The highest BCUT2D eigenvalue weighted by atomic mass is 32.1. The number of ether oxygens (including phenoxy) is 1. The van der Waals surface area contributed by atoms with Crippen molar-refractivity contribution in [3.8, 4) is 0 Å². The molecule has 9 heteroatoms. The Kier molecular flexibility index (Phi) is 8.36. The van der Waals surface area contributed by atoms with Crippen LogP contribution in [0.5, 0.6) is 0 Å². The number of amides is 3. The van der Waals surface area contributed by atoms with Crippen LogP contribution in [0.15, 0.2) is 65.4 Å². The lowest BCUT2D eigenvalue weighted by atomic mass is 9.95. The first-order valence-corrected chi connectivity index (χ1v) is 12.6. The van der Waals surface area contributed by atoms with Crippen molar-refractivity contribution in [3.05, 3.63) is 82.0 Å². The molecule has 0 saturated carbocycles. The van der Waals surface area contributed by atoms with Gasteiger partial charge < -0.3 is 26.8 Å². The van der Waals surface area contributed by atoms with Crippen molar-refractivity contribution in [1.29, 1.82) is 0 Å². The van der Waals surface area contributed by atoms with Gasteiger partial charge in [-0.1, -0.05) is 24.3 Å². The number of carbonyl (C=O) groups excluding carboxylic acids is 2. The summed E-state index contributed by atoms with van der Waals surface area (Å²) >= 11 is 1.69. The summed E-state index contributed by atoms with van der Waals surface area (Å²) in [4.78, 5) is 26.9. The molecular weight excluding hydrogens is 462 g/mol. The van der Waals surface area contributed by atoms with Crippen molar-refractivity contribution >= 4 is 34.6 Å². The van der Waals surface area contributed by atoms with Gasteiger partial charge in [-0.2, -0.15) is 11.3 Å². The molecule has 3 aromatic rings. The molecule has 1 aromatic heterocycles. The summed E-state index contributed by atoms with van der Waals surface area (Å²) in [7, 11) is 0. The van der Waals surface area contributed by atoms with Crippen molar-refractivity contribution < 1.29 is 14.3 Å². The number of para-hydroxylation sites is 2. The average molecular weight is 494 g/mol. The third kappa shape index (κ3) is 6.60. The normalized spacial score (nSPS) is 15.8. The molecule has 2 atom stereocenters. The fourth-order valence-electron chi connectivity index (χ4n) is 4.40. The van der Waals surface area contributed by atoms with Crippen LogP contribution >= 0.6 is 11.3 Å². The van der Waals surface area contributed by atoms with Crippen molar-refractivity contribution in [2.24, 2.45) is 5.73 Å². The quantitative estimate of drug-likeness (QED) is 0.334. The van der Waals surface area contributed by atoms with Crippen LogP contribution < -0.4 is 22.1 Å². The van der Waals surface area contributed by atoms with Gasteiger partial charge in [-0.3, -0.25) is 9.69 Å². The van der Waals surface area contributed by atoms with Gasteiger partial charge in [-0.15, -0.1) is 0 Å². The smallest absolute Gasteiger partial charge is 0.312 e. The predicted molar refractivity (Wildman–Crippen MR) is 139 cm³/mol. The van der Waals surface area contributed by atoms with E-state index in [0.29, 0.717) is 23.4 Å². The van der Waals surface area contributed by atoms with Crippen LogP contribution in [0, 0.1) is 0 Å². The Hall–Kier alpha value is -3.40. The second-order valence-electron chi connectivity index (χ2n) is 8.52. The van der Waals surface area contributed by atoms with Gasteiger partial charge in [0.25, 0.3) is 5.91 Å². The van der Waals surface area contributed by atoms with Crippen molar-refractivity contribution in [2.45, 2.75) is 24.9 Å².